The molecule has 3 nitrogen and oxygen atoms in total. The highest BCUT2D eigenvalue weighted by atomic mass is 15.1. The standard InChI is InChI=1S/C14H13N3/c15-9-12-3-1-2-4-13(12)10-17-8-7-16-14(17)11-5-6-11/h1-4,7-8,11H,5-6,10H2. The van der Waals surface area contributed by atoms with Gasteiger partial charge in [0.25, 0.3) is 0 Å². The number of nitrogens with zero attached hydrogens (tertiary/aromatic N) is 3. The van der Waals surface area contributed by atoms with Crippen LogP contribution in [0.1, 0.15) is 35.7 Å². The van der Waals surface area contributed by atoms with E-state index in [-0.39, 0.29) is 0 Å². The maximum absolute atomic E-state index is 9.06. The van der Waals surface area contributed by atoms with Crippen molar-refractivity contribution in [2.24, 2.45) is 0 Å². The Bertz CT molecular complexity index is 573. The summed E-state index contributed by atoms with van der Waals surface area (Å²) in [6, 6.07) is 9.99. The lowest BCUT2D eigenvalue weighted by Gasteiger charge is -2.08. The van der Waals surface area contributed by atoms with Crippen LogP contribution in [0.4, 0.5) is 0 Å². The van der Waals surface area contributed by atoms with E-state index in [1.165, 1.54) is 12.8 Å². The second kappa shape index (κ2) is 4.06. The number of aromatic nitrogens is 2. The molecule has 3 heteroatoms. The van der Waals surface area contributed by atoms with E-state index in [2.05, 4.69) is 15.6 Å². The first-order valence-electron chi connectivity index (χ1n) is 5.87. The largest absolute Gasteiger partial charge is 0.330 e. The van der Waals surface area contributed by atoms with E-state index in [0.29, 0.717) is 5.92 Å². The van der Waals surface area contributed by atoms with Crippen molar-refractivity contribution < 1.29 is 0 Å². The van der Waals surface area contributed by atoms with E-state index < -0.39 is 0 Å². The minimum absolute atomic E-state index is 0.638. The number of rotatable bonds is 3. The Balaban J connectivity index is 1.91. The van der Waals surface area contributed by atoms with Crippen LogP contribution >= 0.6 is 0 Å². The summed E-state index contributed by atoms with van der Waals surface area (Å²) < 4.78 is 2.16. The van der Waals surface area contributed by atoms with Crippen molar-refractivity contribution in [2.45, 2.75) is 25.3 Å². The quantitative estimate of drug-likeness (QED) is 0.802. The molecule has 1 aliphatic rings. The molecule has 1 aromatic carbocycles. The summed E-state index contributed by atoms with van der Waals surface area (Å²) in [7, 11) is 0. The third-order valence-corrected chi connectivity index (χ3v) is 3.17. The normalized spacial score (nSPS) is 14.5. The molecule has 0 amide bonds. The summed E-state index contributed by atoms with van der Waals surface area (Å²) in [5.74, 6) is 1.80. The number of hydrogen-bond donors (Lipinski definition) is 0. The van der Waals surface area contributed by atoms with Gasteiger partial charge in [-0.05, 0) is 24.5 Å². The molecule has 0 unspecified atom stereocenters. The van der Waals surface area contributed by atoms with Gasteiger partial charge in [-0.3, -0.25) is 0 Å². The van der Waals surface area contributed by atoms with Crippen LogP contribution in [0, 0.1) is 11.3 Å². The van der Waals surface area contributed by atoms with Crippen LogP contribution in [0.3, 0.4) is 0 Å². The zero-order valence-corrected chi connectivity index (χ0v) is 9.50. The summed E-state index contributed by atoms with van der Waals surface area (Å²) in [5, 5.41) is 9.06. The molecule has 1 saturated carbocycles. The van der Waals surface area contributed by atoms with Gasteiger partial charge in [0.15, 0.2) is 0 Å². The summed E-state index contributed by atoms with van der Waals surface area (Å²) in [6.45, 7) is 0.746. The summed E-state index contributed by atoms with van der Waals surface area (Å²) in [6.07, 6.45) is 6.35. The van der Waals surface area contributed by atoms with Gasteiger partial charge in [-0.2, -0.15) is 5.26 Å². The highest BCUT2D eigenvalue weighted by Gasteiger charge is 2.27. The number of nitriles is 1. The van der Waals surface area contributed by atoms with Gasteiger partial charge in [0.2, 0.25) is 0 Å². The predicted octanol–water partition coefficient (Wildman–Crippen LogP) is 2.68. The fourth-order valence-corrected chi connectivity index (χ4v) is 2.11. The maximum Gasteiger partial charge on any atom is 0.112 e. The van der Waals surface area contributed by atoms with Gasteiger partial charge >= 0.3 is 0 Å². The van der Waals surface area contributed by atoms with Gasteiger partial charge in [-0.25, -0.2) is 4.98 Å². The number of hydrogen-bond acceptors (Lipinski definition) is 2. The predicted molar refractivity (Wildman–Crippen MR) is 64.5 cm³/mol. The topological polar surface area (TPSA) is 41.6 Å². The Morgan fingerprint density at radius 3 is 2.94 bits per heavy atom. The molecule has 0 bridgehead atoms. The van der Waals surface area contributed by atoms with Gasteiger partial charge in [0.1, 0.15) is 5.82 Å². The van der Waals surface area contributed by atoms with E-state index in [0.717, 1.165) is 23.5 Å². The van der Waals surface area contributed by atoms with Crippen LogP contribution in [0.15, 0.2) is 36.7 Å². The third kappa shape index (κ3) is 1.94. The van der Waals surface area contributed by atoms with E-state index in [4.69, 9.17) is 5.26 Å². The summed E-state index contributed by atoms with van der Waals surface area (Å²) >= 11 is 0. The van der Waals surface area contributed by atoms with Gasteiger partial charge in [-0.15, -0.1) is 0 Å². The Labute approximate surface area is 100 Å². The lowest BCUT2D eigenvalue weighted by atomic mass is 10.1. The molecule has 2 aromatic rings. The molecule has 84 valence electrons. The van der Waals surface area contributed by atoms with Gasteiger partial charge in [0, 0.05) is 18.3 Å². The Morgan fingerprint density at radius 2 is 2.18 bits per heavy atom. The van der Waals surface area contributed by atoms with E-state index in [1.807, 2.05) is 36.7 Å². The monoisotopic (exact) mass is 223 g/mol. The van der Waals surface area contributed by atoms with Crippen molar-refractivity contribution in [1.82, 2.24) is 9.55 Å². The number of benzene rings is 1. The molecule has 0 atom stereocenters. The van der Waals surface area contributed by atoms with Gasteiger partial charge in [-0.1, -0.05) is 18.2 Å². The summed E-state index contributed by atoms with van der Waals surface area (Å²) in [5.41, 5.74) is 1.82. The van der Waals surface area contributed by atoms with E-state index >= 15 is 0 Å². The zero-order chi connectivity index (χ0) is 11.7. The average Bonchev–Trinajstić information content (AvgIpc) is 3.11. The minimum atomic E-state index is 0.638. The second-order valence-corrected chi connectivity index (χ2v) is 4.46. The summed E-state index contributed by atoms with van der Waals surface area (Å²) in [4.78, 5) is 4.41. The van der Waals surface area contributed by atoms with E-state index in [1.54, 1.807) is 0 Å². The van der Waals surface area contributed by atoms with Crippen molar-refractivity contribution >= 4 is 0 Å². The maximum atomic E-state index is 9.06. The van der Waals surface area contributed by atoms with Crippen molar-refractivity contribution in [3.05, 3.63) is 53.6 Å². The average molecular weight is 223 g/mol. The third-order valence-electron chi connectivity index (χ3n) is 3.17. The SMILES string of the molecule is N#Cc1ccccc1Cn1ccnc1C1CC1. The Kier molecular flexibility index (Phi) is 2.41. The van der Waals surface area contributed by atoms with E-state index in [9.17, 15) is 0 Å². The Morgan fingerprint density at radius 1 is 1.35 bits per heavy atom. The van der Waals surface area contributed by atoms with Crippen LogP contribution in [0.25, 0.3) is 0 Å². The minimum Gasteiger partial charge on any atom is -0.330 e. The molecule has 0 saturated heterocycles. The van der Waals surface area contributed by atoms with Crippen molar-refractivity contribution in [3.8, 4) is 6.07 Å². The first-order chi connectivity index (χ1) is 8.38. The van der Waals surface area contributed by atoms with Crippen molar-refractivity contribution in [2.75, 3.05) is 0 Å². The second-order valence-electron chi connectivity index (χ2n) is 4.46. The molecule has 1 fully saturated rings. The van der Waals surface area contributed by atoms with Gasteiger partial charge in [0.05, 0.1) is 18.2 Å². The highest BCUT2D eigenvalue weighted by molar-refractivity contribution is 5.37. The molecule has 3 rings (SSSR count). The molecule has 1 heterocycles. The first kappa shape index (κ1) is 10.1. The fourth-order valence-electron chi connectivity index (χ4n) is 2.11. The first-order valence-corrected chi connectivity index (χ1v) is 5.87. The lowest BCUT2D eigenvalue weighted by Crippen LogP contribution is -2.04. The lowest BCUT2D eigenvalue weighted by molar-refractivity contribution is 0.725. The van der Waals surface area contributed by atoms with Crippen LogP contribution in [0.5, 0.6) is 0 Å². The van der Waals surface area contributed by atoms with Crippen LogP contribution < -0.4 is 0 Å². The molecule has 0 aliphatic heterocycles. The zero-order valence-electron chi connectivity index (χ0n) is 9.50. The molecule has 1 aromatic heterocycles. The molecule has 0 spiro atoms. The molecule has 17 heavy (non-hydrogen) atoms. The Hall–Kier alpha value is -2.08. The van der Waals surface area contributed by atoms with Gasteiger partial charge < -0.3 is 4.57 Å². The van der Waals surface area contributed by atoms with Crippen molar-refractivity contribution in [3.63, 3.8) is 0 Å². The molecule has 0 N–H and O–H groups in total. The highest BCUT2D eigenvalue weighted by Crippen LogP contribution is 2.39. The van der Waals surface area contributed by atoms with Crippen LogP contribution in [0.2, 0.25) is 0 Å². The van der Waals surface area contributed by atoms with Crippen LogP contribution in [-0.2, 0) is 6.54 Å². The number of imidazole rings is 1. The molecular formula is C14H13N3. The molecular weight excluding hydrogens is 210 g/mol. The van der Waals surface area contributed by atoms with Crippen LogP contribution in [-0.4, -0.2) is 9.55 Å². The fraction of sp³-hybridized carbons (Fsp3) is 0.286. The smallest absolute Gasteiger partial charge is 0.112 e. The molecule has 1 aliphatic carbocycles. The molecule has 0 radical (unpaired) electrons. The van der Waals surface area contributed by atoms with Crippen molar-refractivity contribution in [1.29, 1.82) is 5.26 Å².